The Labute approximate surface area is 292 Å². The van der Waals surface area contributed by atoms with Crippen LogP contribution in [-0.2, 0) is 16.2 Å². The lowest BCUT2D eigenvalue weighted by Crippen LogP contribution is -2.62. The van der Waals surface area contributed by atoms with E-state index in [4.69, 9.17) is 9.57 Å². The van der Waals surface area contributed by atoms with E-state index >= 15 is 0 Å². The Morgan fingerprint density at radius 3 is 2.47 bits per heavy atom. The van der Waals surface area contributed by atoms with Crippen molar-refractivity contribution in [2.24, 2.45) is 35.0 Å². The van der Waals surface area contributed by atoms with Gasteiger partial charge in [0, 0.05) is 55.0 Å². The van der Waals surface area contributed by atoms with Crippen LogP contribution in [-0.4, -0.2) is 85.7 Å². The molecule has 4 N–H and O–H groups in total. The fourth-order valence-corrected chi connectivity index (χ4v) is 8.56. The molecule has 3 saturated carbocycles. The lowest BCUT2D eigenvalue weighted by atomic mass is 9.45. The van der Waals surface area contributed by atoms with Gasteiger partial charge < -0.3 is 30.5 Å². The number of anilines is 1. The first-order valence-electron chi connectivity index (χ1n) is 18.0. The Bertz CT molecular complexity index is 1490. The molecule has 270 valence electrons. The normalized spacial score (nSPS) is 28.1. The third-order valence-electron chi connectivity index (χ3n) is 11.7. The Balaban J connectivity index is 1.44. The third kappa shape index (κ3) is 7.48. The minimum Gasteiger partial charge on any atom is -0.496 e. The second-order valence-electron chi connectivity index (χ2n) is 15.8. The fraction of sp³-hybridized carbons (Fsp3) is 0.641. The van der Waals surface area contributed by atoms with E-state index in [0.29, 0.717) is 46.9 Å². The van der Waals surface area contributed by atoms with Gasteiger partial charge in [-0.1, -0.05) is 52.8 Å². The highest BCUT2D eigenvalue weighted by atomic mass is 16.7. The Hall–Kier alpha value is -3.18. The smallest absolute Gasteiger partial charge is 0.251 e. The number of amides is 2. The van der Waals surface area contributed by atoms with Gasteiger partial charge in [0.15, 0.2) is 0 Å². The van der Waals surface area contributed by atoms with Crippen LogP contribution in [0.2, 0.25) is 0 Å². The number of nitrogens with one attached hydrogen (secondary N) is 2. The molecule has 1 saturated heterocycles. The maximum atomic E-state index is 14.2. The topological polar surface area (TPSA) is 124 Å². The fourth-order valence-electron chi connectivity index (χ4n) is 8.56. The number of rotatable bonds is 13. The number of para-hydroxylation sites is 1. The number of fused-ring (bicyclic) bond motifs is 2. The van der Waals surface area contributed by atoms with E-state index in [9.17, 15) is 19.8 Å². The van der Waals surface area contributed by atoms with Crippen LogP contribution in [0.15, 0.2) is 36.4 Å². The molecule has 3 aliphatic carbocycles. The predicted molar refractivity (Wildman–Crippen MR) is 192 cm³/mol. The predicted octanol–water partition coefficient (Wildman–Crippen LogP) is 4.86. The van der Waals surface area contributed by atoms with Crippen molar-refractivity contribution in [1.29, 1.82) is 0 Å². The van der Waals surface area contributed by atoms with Gasteiger partial charge >= 0.3 is 0 Å². The molecule has 49 heavy (non-hydrogen) atoms. The number of nitrogens with zero attached hydrogens (tertiary/aromatic N) is 2. The maximum Gasteiger partial charge on any atom is 0.251 e. The SMILES string of the molecule is COc1c(CN2O[C@@H](CO)[C@@H]([C@H](C)O)[C@H]2C(=O)N[C@H]2C[C@H]3C[C@@H]([C@@H]2C)C3(C)C)cccc1-c1cc(C(=O)NCCC(C)C)cc(N(C)C)c1. The zero-order chi connectivity index (χ0) is 35.8. The van der Waals surface area contributed by atoms with Crippen molar-refractivity contribution >= 4 is 17.5 Å². The third-order valence-corrected chi connectivity index (χ3v) is 11.7. The summed E-state index contributed by atoms with van der Waals surface area (Å²) in [4.78, 5) is 35.6. The monoisotopic (exact) mass is 678 g/mol. The molecule has 2 amide bonds. The van der Waals surface area contributed by atoms with E-state index in [0.717, 1.165) is 35.2 Å². The van der Waals surface area contributed by atoms with Gasteiger partial charge in [0.05, 0.1) is 26.4 Å². The number of aliphatic hydroxyl groups excluding tert-OH is 2. The van der Waals surface area contributed by atoms with Crippen molar-refractivity contribution in [3.63, 3.8) is 0 Å². The summed E-state index contributed by atoms with van der Waals surface area (Å²) in [6, 6.07) is 10.8. The second kappa shape index (κ2) is 15.0. The molecule has 1 aliphatic heterocycles. The number of hydroxylamine groups is 2. The van der Waals surface area contributed by atoms with Crippen LogP contribution in [0.25, 0.3) is 11.1 Å². The standard InChI is InChI=1S/C39H58N4O6/c1-22(2)13-14-40-37(46)27-15-26(16-29(17-27)42(7)8)30-12-10-11-25(36(30)48-9)20-43-35(34(24(4)45)33(21-44)49-43)38(47)41-32-19-28-18-31(23(32)3)39(28,5)6/h10-12,15-17,22-24,28,31-35,44-45H,13-14,18-21H2,1-9H3,(H,40,46)(H,41,47)/t23-,24-,28+,31-,32-,33-,34+,35-/m0/s1. The molecule has 4 aliphatic rings. The Morgan fingerprint density at radius 2 is 1.88 bits per heavy atom. The zero-order valence-corrected chi connectivity index (χ0v) is 30.8. The van der Waals surface area contributed by atoms with E-state index < -0.39 is 24.2 Å². The maximum absolute atomic E-state index is 14.2. The van der Waals surface area contributed by atoms with Gasteiger partial charge in [0.1, 0.15) is 17.9 Å². The molecule has 1 heterocycles. The van der Waals surface area contributed by atoms with Crippen LogP contribution in [0.3, 0.4) is 0 Å². The summed E-state index contributed by atoms with van der Waals surface area (Å²) in [5.41, 5.74) is 4.11. The molecule has 2 aromatic rings. The number of carbonyl (C=O) groups excluding carboxylic acids is 2. The highest BCUT2D eigenvalue weighted by molar-refractivity contribution is 5.97. The van der Waals surface area contributed by atoms with E-state index in [2.05, 4.69) is 45.3 Å². The lowest BCUT2D eigenvalue weighted by molar-refractivity contribution is -0.183. The summed E-state index contributed by atoms with van der Waals surface area (Å²) in [5, 5.41) is 29.2. The average molecular weight is 679 g/mol. The summed E-state index contributed by atoms with van der Waals surface area (Å²) in [7, 11) is 5.49. The van der Waals surface area contributed by atoms with Gasteiger partial charge in [-0.3, -0.25) is 14.4 Å². The number of hydrogen-bond acceptors (Lipinski definition) is 8. The van der Waals surface area contributed by atoms with Crippen LogP contribution in [0.4, 0.5) is 5.69 Å². The summed E-state index contributed by atoms with van der Waals surface area (Å²) in [6.07, 6.45) is 1.41. The zero-order valence-electron chi connectivity index (χ0n) is 30.8. The van der Waals surface area contributed by atoms with Crippen molar-refractivity contribution in [2.45, 2.75) is 91.6 Å². The molecule has 2 bridgehead atoms. The molecular weight excluding hydrogens is 620 g/mol. The molecule has 6 rings (SSSR count). The van der Waals surface area contributed by atoms with Crippen molar-refractivity contribution < 1.29 is 29.4 Å². The lowest BCUT2D eigenvalue weighted by Gasteiger charge is -2.62. The van der Waals surface area contributed by atoms with Crippen molar-refractivity contribution in [3.05, 3.63) is 47.5 Å². The van der Waals surface area contributed by atoms with Gasteiger partial charge in [0.2, 0.25) is 5.91 Å². The van der Waals surface area contributed by atoms with Crippen LogP contribution in [0.5, 0.6) is 5.75 Å². The summed E-state index contributed by atoms with van der Waals surface area (Å²) in [5.74, 6) is 1.61. The molecule has 0 radical (unpaired) electrons. The number of methoxy groups -OCH3 is 1. The molecule has 2 aromatic carbocycles. The summed E-state index contributed by atoms with van der Waals surface area (Å²) < 4.78 is 6.03. The quantitative estimate of drug-likeness (QED) is 0.237. The van der Waals surface area contributed by atoms with E-state index in [1.807, 2.05) is 55.4 Å². The number of benzene rings is 2. The van der Waals surface area contributed by atoms with E-state index in [1.165, 1.54) is 6.42 Å². The van der Waals surface area contributed by atoms with E-state index in [1.54, 1.807) is 19.1 Å². The largest absolute Gasteiger partial charge is 0.496 e. The van der Waals surface area contributed by atoms with Crippen LogP contribution < -0.4 is 20.3 Å². The minimum atomic E-state index is -0.888. The molecule has 10 heteroatoms. The molecule has 0 aromatic heterocycles. The van der Waals surface area contributed by atoms with Crippen molar-refractivity contribution in [1.82, 2.24) is 15.7 Å². The first-order chi connectivity index (χ1) is 23.2. The Kier molecular flexibility index (Phi) is 11.3. The van der Waals surface area contributed by atoms with Gasteiger partial charge in [-0.05, 0) is 79.0 Å². The van der Waals surface area contributed by atoms with Crippen molar-refractivity contribution in [2.75, 3.05) is 39.3 Å². The number of hydrogen-bond donors (Lipinski definition) is 4. The van der Waals surface area contributed by atoms with Gasteiger partial charge in [-0.15, -0.1) is 0 Å². The highest BCUT2D eigenvalue weighted by Gasteiger charge is 2.57. The minimum absolute atomic E-state index is 0.0487. The second-order valence-corrected chi connectivity index (χ2v) is 15.8. The summed E-state index contributed by atoms with van der Waals surface area (Å²) >= 11 is 0. The molecule has 0 unspecified atom stereocenters. The van der Waals surface area contributed by atoms with Crippen molar-refractivity contribution in [3.8, 4) is 16.9 Å². The number of ether oxygens (including phenoxy) is 1. The van der Waals surface area contributed by atoms with Crippen LogP contribution in [0.1, 0.15) is 76.7 Å². The summed E-state index contributed by atoms with van der Waals surface area (Å²) in [6.45, 7) is 13.3. The Morgan fingerprint density at radius 1 is 1.14 bits per heavy atom. The first kappa shape index (κ1) is 37.1. The molecule has 0 spiro atoms. The average Bonchev–Trinajstić information content (AvgIpc) is 3.43. The van der Waals surface area contributed by atoms with Gasteiger partial charge in [-0.25, -0.2) is 0 Å². The van der Waals surface area contributed by atoms with E-state index in [-0.39, 0.29) is 31.0 Å². The molecular formula is C39H58N4O6. The van der Waals surface area contributed by atoms with Gasteiger partial charge in [-0.2, -0.15) is 5.06 Å². The number of carbonyl (C=O) groups is 2. The van der Waals surface area contributed by atoms with Crippen LogP contribution >= 0.6 is 0 Å². The molecule has 10 nitrogen and oxygen atoms in total. The highest BCUT2D eigenvalue weighted by Crippen LogP contribution is 2.61. The molecule has 4 fully saturated rings. The molecule has 8 atom stereocenters. The first-order valence-corrected chi connectivity index (χ1v) is 18.0. The van der Waals surface area contributed by atoms with Gasteiger partial charge in [0.25, 0.3) is 5.91 Å². The van der Waals surface area contributed by atoms with Crippen LogP contribution in [0, 0.1) is 35.0 Å². The number of aliphatic hydroxyl groups is 2.